The molecule has 92 valence electrons. The van der Waals surface area contributed by atoms with Gasteiger partial charge in [0.25, 0.3) is 0 Å². The predicted molar refractivity (Wildman–Crippen MR) is 68.5 cm³/mol. The molecule has 3 heteroatoms. The van der Waals surface area contributed by atoms with Crippen LogP contribution in [0.4, 0.5) is 0 Å². The maximum absolute atomic E-state index is 4.40. The molecule has 0 saturated carbocycles. The lowest BCUT2D eigenvalue weighted by Gasteiger charge is -2.16. The SMILES string of the molecule is CCCCCCC(NC)c1cc(C)nn1C. The van der Waals surface area contributed by atoms with Gasteiger partial charge in [-0.05, 0) is 26.5 Å². The number of aryl methyl sites for hydroxylation is 2. The van der Waals surface area contributed by atoms with Gasteiger partial charge >= 0.3 is 0 Å². The van der Waals surface area contributed by atoms with Crippen molar-refractivity contribution in [2.75, 3.05) is 7.05 Å². The van der Waals surface area contributed by atoms with Crippen LogP contribution in [0.3, 0.4) is 0 Å². The summed E-state index contributed by atoms with van der Waals surface area (Å²) in [6.45, 7) is 4.30. The molecule has 1 rings (SSSR count). The van der Waals surface area contributed by atoms with Gasteiger partial charge in [0.15, 0.2) is 0 Å². The minimum atomic E-state index is 0.447. The van der Waals surface area contributed by atoms with Gasteiger partial charge in [-0.25, -0.2) is 0 Å². The van der Waals surface area contributed by atoms with Gasteiger partial charge in [-0.3, -0.25) is 4.68 Å². The summed E-state index contributed by atoms with van der Waals surface area (Å²) in [4.78, 5) is 0. The summed E-state index contributed by atoms with van der Waals surface area (Å²) >= 11 is 0. The molecule has 1 heterocycles. The van der Waals surface area contributed by atoms with E-state index in [9.17, 15) is 0 Å². The van der Waals surface area contributed by atoms with Crippen molar-refractivity contribution in [3.05, 3.63) is 17.5 Å². The van der Waals surface area contributed by atoms with Crippen molar-refractivity contribution in [3.63, 3.8) is 0 Å². The topological polar surface area (TPSA) is 29.9 Å². The Morgan fingerprint density at radius 3 is 2.62 bits per heavy atom. The third kappa shape index (κ3) is 3.63. The smallest absolute Gasteiger partial charge is 0.0597 e. The van der Waals surface area contributed by atoms with Gasteiger partial charge in [-0.1, -0.05) is 32.6 Å². The van der Waals surface area contributed by atoms with Crippen LogP contribution in [0.25, 0.3) is 0 Å². The summed E-state index contributed by atoms with van der Waals surface area (Å²) in [7, 11) is 4.06. The summed E-state index contributed by atoms with van der Waals surface area (Å²) in [6, 6.07) is 2.63. The number of nitrogens with zero attached hydrogens (tertiary/aromatic N) is 2. The number of nitrogens with one attached hydrogen (secondary N) is 1. The molecule has 0 aliphatic carbocycles. The first-order valence-electron chi connectivity index (χ1n) is 6.36. The Bertz CT molecular complexity index is 304. The molecule has 0 spiro atoms. The molecule has 0 bridgehead atoms. The van der Waals surface area contributed by atoms with Gasteiger partial charge in [0.05, 0.1) is 11.4 Å². The van der Waals surface area contributed by atoms with Crippen molar-refractivity contribution in [1.82, 2.24) is 15.1 Å². The lowest BCUT2D eigenvalue weighted by molar-refractivity contribution is 0.475. The molecule has 0 aliphatic heterocycles. The largest absolute Gasteiger partial charge is 0.312 e. The molecule has 3 nitrogen and oxygen atoms in total. The molecule has 0 fully saturated rings. The first kappa shape index (κ1) is 13.2. The number of aromatic nitrogens is 2. The van der Waals surface area contributed by atoms with Crippen LogP contribution >= 0.6 is 0 Å². The fourth-order valence-electron chi connectivity index (χ4n) is 2.17. The van der Waals surface area contributed by atoms with E-state index in [4.69, 9.17) is 0 Å². The minimum absolute atomic E-state index is 0.447. The lowest BCUT2D eigenvalue weighted by Crippen LogP contribution is -2.19. The number of unbranched alkanes of at least 4 members (excludes halogenated alkanes) is 3. The van der Waals surface area contributed by atoms with E-state index in [1.807, 2.05) is 25.7 Å². The van der Waals surface area contributed by atoms with E-state index in [0.29, 0.717) is 6.04 Å². The van der Waals surface area contributed by atoms with Gasteiger partial charge in [0.1, 0.15) is 0 Å². The maximum Gasteiger partial charge on any atom is 0.0597 e. The monoisotopic (exact) mass is 223 g/mol. The second-order valence-electron chi connectivity index (χ2n) is 4.52. The summed E-state index contributed by atoms with van der Waals surface area (Å²) in [5.74, 6) is 0. The zero-order chi connectivity index (χ0) is 12.0. The van der Waals surface area contributed by atoms with Crippen molar-refractivity contribution >= 4 is 0 Å². The van der Waals surface area contributed by atoms with Gasteiger partial charge in [-0.15, -0.1) is 0 Å². The average Bonchev–Trinajstić information content (AvgIpc) is 2.58. The molecule has 16 heavy (non-hydrogen) atoms. The molecule has 1 atom stereocenters. The third-order valence-electron chi connectivity index (χ3n) is 3.09. The van der Waals surface area contributed by atoms with Crippen molar-refractivity contribution in [3.8, 4) is 0 Å². The molecular weight excluding hydrogens is 198 g/mol. The Morgan fingerprint density at radius 1 is 1.38 bits per heavy atom. The lowest BCUT2D eigenvalue weighted by atomic mass is 10.0. The first-order chi connectivity index (χ1) is 7.69. The second kappa shape index (κ2) is 6.69. The molecule has 1 unspecified atom stereocenters. The summed E-state index contributed by atoms with van der Waals surface area (Å²) in [5.41, 5.74) is 2.41. The molecule has 1 N–H and O–H groups in total. The highest BCUT2D eigenvalue weighted by molar-refractivity contribution is 5.12. The number of rotatable bonds is 7. The minimum Gasteiger partial charge on any atom is -0.312 e. The van der Waals surface area contributed by atoms with E-state index < -0.39 is 0 Å². The van der Waals surface area contributed by atoms with Crippen LogP contribution in [0.2, 0.25) is 0 Å². The molecule has 0 amide bonds. The quantitative estimate of drug-likeness (QED) is 0.720. The molecule has 1 aromatic rings. The summed E-state index contributed by atoms with van der Waals surface area (Å²) < 4.78 is 2.00. The van der Waals surface area contributed by atoms with Crippen molar-refractivity contribution < 1.29 is 0 Å². The number of hydrogen-bond donors (Lipinski definition) is 1. The molecule has 0 aromatic carbocycles. The van der Waals surface area contributed by atoms with Crippen LogP contribution in [0, 0.1) is 6.92 Å². The van der Waals surface area contributed by atoms with Crippen molar-refractivity contribution in [2.45, 2.75) is 52.0 Å². The Labute approximate surface area is 99.2 Å². The zero-order valence-corrected chi connectivity index (χ0v) is 11.1. The Balaban J connectivity index is 2.50. The highest BCUT2D eigenvalue weighted by Crippen LogP contribution is 2.20. The van der Waals surface area contributed by atoms with Gasteiger partial charge < -0.3 is 5.32 Å². The fraction of sp³-hybridized carbons (Fsp3) is 0.769. The highest BCUT2D eigenvalue weighted by Gasteiger charge is 2.13. The van der Waals surface area contributed by atoms with Gasteiger partial charge in [0, 0.05) is 13.1 Å². The zero-order valence-electron chi connectivity index (χ0n) is 11.1. The van der Waals surface area contributed by atoms with E-state index in [1.165, 1.54) is 37.8 Å². The van der Waals surface area contributed by atoms with Gasteiger partial charge in [-0.2, -0.15) is 5.10 Å². The molecule has 0 radical (unpaired) electrons. The van der Waals surface area contributed by atoms with E-state index in [-0.39, 0.29) is 0 Å². The normalized spacial score (nSPS) is 13.0. The van der Waals surface area contributed by atoms with Crippen LogP contribution in [-0.2, 0) is 7.05 Å². The Kier molecular flexibility index (Phi) is 5.53. The van der Waals surface area contributed by atoms with Gasteiger partial charge in [0.2, 0.25) is 0 Å². The standard InChI is InChI=1S/C13H25N3/c1-5-6-7-8-9-12(14-3)13-10-11(2)15-16(13)4/h10,12,14H,5-9H2,1-4H3. The van der Waals surface area contributed by atoms with Crippen LogP contribution in [0.1, 0.15) is 56.5 Å². The molecule has 1 aromatic heterocycles. The van der Waals surface area contributed by atoms with Crippen LogP contribution < -0.4 is 5.32 Å². The van der Waals surface area contributed by atoms with E-state index in [1.54, 1.807) is 0 Å². The Hall–Kier alpha value is -0.830. The number of hydrogen-bond acceptors (Lipinski definition) is 2. The van der Waals surface area contributed by atoms with E-state index in [0.717, 1.165) is 5.69 Å². The second-order valence-corrected chi connectivity index (χ2v) is 4.52. The molecular formula is C13H25N3. The highest BCUT2D eigenvalue weighted by atomic mass is 15.3. The average molecular weight is 223 g/mol. The van der Waals surface area contributed by atoms with Crippen molar-refractivity contribution in [1.29, 1.82) is 0 Å². The maximum atomic E-state index is 4.40. The first-order valence-corrected chi connectivity index (χ1v) is 6.36. The van der Waals surface area contributed by atoms with Crippen molar-refractivity contribution in [2.24, 2.45) is 7.05 Å². The molecule has 0 aliphatic rings. The third-order valence-corrected chi connectivity index (χ3v) is 3.09. The van der Waals surface area contributed by atoms with Crippen LogP contribution in [0.15, 0.2) is 6.07 Å². The van der Waals surface area contributed by atoms with Crippen LogP contribution in [0.5, 0.6) is 0 Å². The fourth-order valence-corrected chi connectivity index (χ4v) is 2.17. The van der Waals surface area contributed by atoms with Crippen LogP contribution in [-0.4, -0.2) is 16.8 Å². The summed E-state index contributed by atoms with van der Waals surface area (Å²) in [6.07, 6.45) is 6.49. The molecule has 0 saturated heterocycles. The predicted octanol–water partition coefficient (Wildman–Crippen LogP) is 2.96. The Morgan fingerprint density at radius 2 is 2.12 bits per heavy atom. The van der Waals surface area contributed by atoms with E-state index in [2.05, 4.69) is 23.4 Å². The van der Waals surface area contributed by atoms with E-state index >= 15 is 0 Å². The summed E-state index contributed by atoms with van der Waals surface area (Å²) in [5, 5.41) is 7.79.